The van der Waals surface area contributed by atoms with Gasteiger partial charge in [0.15, 0.2) is 5.96 Å². The van der Waals surface area contributed by atoms with E-state index in [1.807, 2.05) is 59.2 Å². The predicted molar refractivity (Wildman–Crippen MR) is 122 cm³/mol. The Labute approximate surface area is 183 Å². The van der Waals surface area contributed by atoms with Gasteiger partial charge in [-0.15, -0.1) is 24.0 Å². The van der Waals surface area contributed by atoms with E-state index in [2.05, 4.69) is 20.7 Å². The molecule has 1 saturated heterocycles. The number of carbonyl (C=O) groups excluding carboxylic acids is 1. The molecule has 28 heavy (non-hydrogen) atoms. The van der Waals surface area contributed by atoms with Crippen molar-refractivity contribution in [3.05, 3.63) is 48.3 Å². The van der Waals surface area contributed by atoms with Crippen LogP contribution in [0.1, 0.15) is 25.3 Å². The molecule has 2 aromatic rings. The summed E-state index contributed by atoms with van der Waals surface area (Å²) in [5.74, 6) is 0.786. The van der Waals surface area contributed by atoms with Crippen molar-refractivity contribution >= 4 is 35.8 Å². The molecule has 8 heteroatoms. The molecule has 0 atom stereocenters. The first kappa shape index (κ1) is 22.2. The fourth-order valence-corrected chi connectivity index (χ4v) is 3.09. The van der Waals surface area contributed by atoms with E-state index < -0.39 is 0 Å². The van der Waals surface area contributed by atoms with Crippen LogP contribution >= 0.6 is 24.0 Å². The highest BCUT2D eigenvalue weighted by atomic mass is 127. The topological polar surface area (TPSA) is 74.6 Å². The van der Waals surface area contributed by atoms with E-state index in [4.69, 9.17) is 0 Å². The van der Waals surface area contributed by atoms with Crippen LogP contribution in [-0.4, -0.2) is 59.3 Å². The molecule has 0 saturated carbocycles. The fourth-order valence-electron chi connectivity index (χ4n) is 3.09. The average Bonchev–Trinajstić information content (AvgIpc) is 3.39. The van der Waals surface area contributed by atoms with Gasteiger partial charge in [0, 0.05) is 32.4 Å². The first-order valence-corrected chi connectivity index (χ1v) is 9.65. The molecule has 0 bridgehead atoms. The highest BCUT2D eigenvalue weighted by Gasteiger charge is 2.17. The first-order valence-electron chi connectivity index (χ1n) is 9.65. The Morgan fingerprint density at radius 2 is 1.93 bits per heavy atom. The molecule has 3 rings (SSSR count). The number of carbonyl (C=O) groups is 1. The number of nitrogens with one attached hydrogen (secondary N) is 2. The van der Waals surface area contributed by atoms with Gasteiger partial charge in [-0.05, 0) is 43.9 Å². The molecule has 0 spiro atoms. The van der Waals surface area contributed by atoms with Crippen LogP contribution in [0.4, 0.5) is 0 Å². The molecular formula is C20H29IN6O. The zero-order valence-corrected chi connectivity index (χ0v) is 18.6. The van der Waals surface area contributed by atoms with Crippen molar-refractivity contribution in [2.45, 2.75) is 26.2 Å². The molecule has 152 valence electrons. The number of aromatic nitrogens is 2. The van der Waals surface area contributed by atoms with Crippen LogP contribution in [0.15, 0.2) is 47.7 Å². The number of rotatable bonds is 7. The lowest BCUT2D eigenvalue weighted by Gasteiger charge is -2.15. The van der Waals surface area contributed by atoms with Crippen LogP contribution in [-0.2, 0) is 11.2 Å². The minimum absolute atomic E-state index is 0. The maximum atomic E-state index is 12.1. The quantitative estimate of drug-likeness (QED) is 0.350. The lowest BCUT2D eigenvalue weighted by molar-refractivity contribution is -0.128. The summed E-state index contributed by atoms with van der Waals surface area (Å²) < 4.78 is 1.88. The van der Waals surface area contributed by atoms with Crippen molar-refractivity contribution in [2.24, 2.45) is 4.99 Å². The summed E-state index contributed by atoms with van der Waals surface area (Å²) in [6.45, 7) is 5.43. The molecule has 2 N–H and O–H groups in total. The smallest absolute Gasteiger partial charge is 0.244 e. The third kappa shape index (κ3) is 6.50. The first-order chi connectivity index (χ1) is 13.3. The SMILES string of the molecule is CCNC(=NCC(=O)N1CCCC1)NCCc1cnn(-c2ccccc2)c1.I. The number of guanidine groups is 1. The monoisotopic (exact) mass is 496 g/mol. The molecule has 7 nitrogen and oxygen atoms in total. The number of aliphatic imine (C=N–C) groups is 1. The number of halogens is 1. The minimum atomic E-state index is 0. The van der Waals surface area contributed by atoms with Crippen molar-refractivity contribution in [2.75, 3.05) is 32.7 Å². The van der Waals surface area contributed by atoms with Crippen LogP contribution in [0.3, 0.4) is 0 Å². The van der Waals surface area contributed by atoms with Gasteiger partial charge in [0.1, 0.15) is 6.54 Å². The van der Waals surface area contributed by atoms with Gasteiger partial charge in [-0.25, -0.2) is 9.67 Å². The fraction of sp³-hybridized carbons (Fsp3) is 0.450. The summed E-state index contributed by atoms with van der Waals surface area (Å²) in [5.41, 5.74) is 2.20. The van der Waals surface area contributed by atoms with Crippen molar-refractivity contribution in [3.8, 4) is 5.69 Å². The molecule has 0 aliphatic carbocycles. The number of nitrogens with zero attached hydrogens (tertiary/aromatic N) is 4. The Bertz CT molecular complexity index is 755. The Hall–Kier alpha value is -2.10. The van der Waals surface area contributed by atoms with Crippen LogP contribution in [0.5, 0.6) is 0 Å². The normalized spacial score (nSPS) is 13.9. The van der Waals surface area contributed by atoms with Crippen molar-refractivity contribution in [1.29, 1.82) is 0 Å². The van der Waals surface area contributed by atoms with Crippen molar-refractivity contribution in [3.63, 3.8) is 0 Å². The zero-order chi connectivity index (χ0) is 18.9. The Morgan fingerprint density at radius 1 is 1.18 bits per heavy atom. The summed E-state index contributed by atoms with van der Waals surface area (Å²) in [6.07, 6.45) is 6.96. The third-order valence-corrected chi connectivity index (χ3v) is 4.54. The number of hydrogen-bond donors (Lipinski definition) is 2. The summed E-state index contributed by atoms with van der Waals surface area (Å²) in [7, 11) is 0. The van der Waals surface area contributed by atoms with E-state index in [-0.39, 0.29) is 36.4 Å². The zero-order valence-electron chi connectivity index (χ0n) is 16.3. The molecule has 1 amide bonds. The van der Waals surface area contributed by atoms with Gasteiger partial charge in [-0.1, -0.05) is 18.2 Å². The summed E-state index contributed by atoms with van der Waals surface area (Å²) >= 11 is 0. The van der Waals surface area contributed by atoms with Crippen LogP contribution in [0.2, 0.25) is 0 Å². The standard InChI is InChI=1S/C20H28N6O.HI/c1-2-21-20(23-15-19(27)25-12-6-7-13-25)22-11-10-17-14-24-26(16-17)18-8-4-3-5-9-18;/h3-5,8-9,14,16H,2,6-7,10-13,15H2,1H3,(H2,21,22,23);1H. The van der Waals surface area contributed by atoms with Gasteiger partial charge in [-0.2, -0.15) is 5.10 Å². The van der Waals surface area contributed by atoms with Crippen LogP contribution in [0, 0.1) is 0 Å². The maximum Gasteiger partial charge on any atom is 0.244 e. The summed E-state index contributed by atoms with van der Waals surface area (Å²) in [4.78, 5) is 18.5. The number of amides is 1. The van der Waals surface area contributed by atoms with E-state index in [0.29, 0.717) is 5.96 Å². The average molecular weight is 496 g/mol. The summed E-state index contributed by atoms with van der Waals surface area (Å²) in [6, 6.07) is 10.1. The summed E-state index contributed by atoms with van der Waals surface area (Å²) in [5, 5.41) is 10.9. The molecule has 0 radical (unpaired) electrons. The Balaban J connectivity index is 0.00000280. The number of benzene rings is 1. The van der Waals surface area contributed by atoms with Crippen LogP contribution in [0.25, 0.3) is 5.69 Å². The highest BCUT2D eigenvalue weighted by Crippen LogP contribution is 2.08. The van der Waals surface area contributed by atoms with Crippen LogP contribution < -0.4 is 10.6 Å². The lowest BCUT2D eigenvalue weighted by atomic mass is 10.2. The van der Waals surface area contributed by atoms with E-state index >= 15 is 0 Å². The Morgan fingerprint density at radius 3 is 2.64 bits per heavy atom. The van der Waals surface area contributed by atoms with E-state index in [1.165, 1.54) is 0 Å². The molecule has 1 aliphatic rings. The molecule has 0 unspecified atom stereocenters. The number of para-hydroxylation sites is 1. The number of likely N-dealkylation sites (tertiary alicyclic amines) is 1. The van der Waals surface area contributed by atoms with Gasteiger partial charge in [0.05, 0.1) is 11.9 Å². The minimum Gasteiger partial charge on any atom is -0.357 e. The van der Waals surface area contributed by atoms with Gasteiger partial charge >= 0.3 is 0 Å². The van der Waals surface area contributed by atoms with Crippen molar-refractivity contribution < 1.29 is 4.79 Å². The van der Waals surface area contributed by atoms with E-state index in [1.54, 1.807) is 0 Å². The van der Waals surface area contributed by atoms with Gasteiger partial charge in [0.2, 0.25) is 5.91 Å². The maximum absolute atomic E-state index is 12.1. The molecule has 2 heterocycles. The Kier molecular flexibility index (Phi) is 9.26. The van der Waals surface area contributed by atoms with E-state index in [9.17, 15) is 4.79 Å². The second kappa shape index (κ2) is 11.7. The van der Waals surface area contributed by atoms with Gasteiger partial charge in [0.25, 0.3) is 0 Å². The lowest BCUT2D eigenvalue weighted by Crippen LogP contribution is -2.39. The predicted octanol–water partition coefficient (Wildman–Crippen LogP) is 2.21. The molecular weight excluding hydrogens is 467 g/mol. The second-order valence-electron chi connectivity index (χ2n) is 6.59. The van der Waals surface area contributed by atoms with Gasteiger partial charge in [-0.3, -0.25) is 4.79 Å². The third-order valence-electron chi connectivity index (χ3n) is 4.54. The van der Waals surface area contributed by atoms with Gasteiger partial charge < -0.3 is 15.5 Å². The largest absolute Gasteiger partial charge is 0.357 e. The van der Waals surface area contributed by atoms with E-state index in [0.717, 1.165) is 56.7 Å². The van der Waals surface area contributed by atoms with Crippen molar-refractivity contribution in [1.82, 2.24) is 25.3 Å². The number of hydrogen-bond acceptors (Lipinski definition) is 3. The molecule has 1 fully saturated rings. The molecule has 1 aromatic heterocycles. The molecule has 1 aliphatic heterocycles. The molecule has 1 aromatic carbocycles. The second-order valence-corrected chi connectivity index (χ2v) is 6.59. The highest BCUT2D eigenvalue weighted by molar-refractivity contribution is 14.0.